The van der Waals surface area contributed by atoms with E-state index in [4.69, 9.17) is 10.5 Å². The zero-order chi connectivity index (χ0) is 13.2. The third-order valence-electron chi connectivity index (χ3n) is 4.10. The quantitative estimate of drug-likeness (QED) is 0.893. The summed E-state index contributed by atoms with van der Waals surface area (Å²) in [4.78, 5) is 1.33. The second-order valence-corrected chi connectivity index (χ2v) is 6.78. The monoisotopic (exact) mass is 267 g/mol. The van der Waals surface area contributed by atoms with Crippen LogP contribution >= 0.6 is 11.3 Å². The summed E-state index contributed by atoms with van der Waals surface area (Å²) in [6.45, 7) is 7.28. The number of hydrogen-bond donors (Lipinski definition) is 1. The number of aryl methyl sites for hydroxylation is 1. The molecule has 1 aliphatic carbocycles. The summed E-state index contributed by atoms with van der Waals surface area (Å²) in [5, 5.41) is 2.19. The molecule has 18 heavy (non-hydrogen) atoms. The average molecular weight is 267 g/mol. The minimum Gasteiger partial charge on any atom is -0.373 e. The molecule has 1 fully saturated rings. The van der Waals surface area contributed by atoms with Crippen molar-refractivity contribution in [2.45, 2.75) is 58.1 Å². The lowest BCUT2D eigenvalue weighted by molar-refractivity contribution is -0.0937. The second kappa shape index (κ2) is 5.72. The molecule has 0 aliphatic heterocycles. The van der Waals surface area contributed by atoms with Crippen LogP contribution in [-0.4, -0.2) is 12.2 Å². The largest absolute Gasteiger partial charge is 0.373 e. The number of ether oxygens (including phenoxy) is 1. The third-order valence-corrected chi connectivity index (χ3v) is 4.98. The fourth-order valence-corrected chi connectivity index (χ4v) is 4.01. The predicted octanol–water partition coefficient (Wildman–Crippen LogP) is 4.04. The van der Waals surface area contributed by atoms with Gasteiger partial charge in [-0.3, -0.25) is 0 Å². The Balaban J connectivity index is 2.23. The average Bonchev–Trinajstić information content (AvgIpc) is 2.75. The molecule has 1 heterocycles. The SMILES string of the molecule is CCOC1(C(N)c2csc(C)c2)CCCC(C)C1. The van der Waals surface area contributed by atoms with Crippen molar-refractivity contribution in [1.29, 1.82) is 0 Å². The van der Waals surface area contributed by atoms with Crippen LogP contribution in [0.5, 0.6) is 0 Å². The highest BCUT2D eigenvalue weighted by Gasteiger charge is 2.41. The van der Waals surface area contributed by atoms with Gasteiger partial charge in [0.05, 0.1) is 11.6 Å². The Bertz CT molecular complexity index is 386. The smallest absolute Gasteiger partial charge is 0.0876 e. The highest BCUT2D eigenvalue weighted by atomic mass is 32.1. The molecule has 0 bridgehead atoms. The molecule has 0 aromatic carbocycles. The minimum absolute atomic E-state index is 0.0187. The molecule has 0 radical (unpaired) electrons. The van der Waals surface area contributed by atoms with Gasteiger partial charge in [0, 0.05) is 11.5 Å². The summed E-state index contributed by atoms with van der Waals surface area (Å²) < 4.78 is 6.15. The molecular weight excluding hydrogens is 242 g/mol. The van der Waals surface area contributed by atoms with Gasteiger partial charge in [0.15, 0.2) is 0 Å². The molecule has 3 atom stereocenters. The molecule has 102 valence electrons. The van der Waals surface area contributed by atoms with E-state index in [9.17, 15) is 0 Å². The molecule has 0 amide bonds. The second-order valence-electron chi connectivity index (χ2n) is 5.67. The fraction of sp³-hybridized carbons (Fsp3) is 0.733. The van der Waals surface area contributed by atoms with Crippen LogP contribution in [0.1, 0.15) is 56.0 Å². The molecule has 1 aliphatic rings. The van der Waals surface area contributed by atoms with Crippen LogP contribution < -0.4 is 5.73 Å². The zero-order valence-electron chi connectivity index (χ0n) is 11.7. The first-order chi connectivity index (χ1) is 8.57. The Hall–Kier alpha value is -0.380. The van der Waals surface area contributed by atoms with E-state index < -0.39 is 0 Å². The van der Waals surface area contributed by atoms with Crippen LogP contribution in [0, 0.1) is 12.8 Å². The first kappa shape index (κ1) is 14.0. The van der Waals surface area contributed by atoms with Gasteiger partial charge in [-0.25, -0.2) is 0 Å². The fourth-order valence-electron chi connectivity index (χ4n) is 3.27. The minimum atomic E-state index is -0.139. The molecule has 0 saturated heterocycles. The third kappa shape index (κ3) is 2.79. The molecular formula is C15H25NOS. The van der Waals surface area contributed by atoms with Crippen LogP contribution in [0.3, 0.4) is 0 Å². The summed E-state index contributed by atoms with van der Waals surface area (Å²) in [6.07, 6.45) is 4.74. The molecule has 0 spiro atoms. The maximum absolute atomic E-state index is 6.55. The topological polar surface area (TPSA) is 35.2 Å². The number of hydrogen-bond acceptors (Lipinski definition) is 3. The lowest BCUT2D eigenvalue weighted by Gasteiger charge is -2.43. The summed E-state index contributed by atoms with van der Waals surface area (Å²) in [6, 6.07) is 2.24. The van der Waals surface area contributed by atoms with Crippen molar-refractivity contribution < 1.29 is 4.74 Å². The van der Waals surface area contributed by atoms with Crippen LogP contribution in [0.15, 0.2) is 11.4 Å². The van der Waals surface area contributed by atoms with Crippen molar-refractivity contribution in [2.75, 3.05) is 6.61 Å². The maximum Gasteiger partial charge on any atom is 0.0876 e. The van der Waals surface area contributed by atoms with E-state index in [0.29, 0.717) is 0 Å². The normalized spacial score (nSPS) is 30.3. The molecule has 2 N–H and O–H groups in total. The number of thiophene rings is 1. The Labute approximate surface area is 115 Å². The van der Waals surface area contributed by atoms with Crippen LogP contribution in [0.25, 0.3) is 0 Å². The van der Waals surface area contributed by atoms with Crippen molar-refractivity contribution in [3.63, 3.8) is 0 Å². The number of rotatable bonds is 4. The van der Waals surface area contributed by atoms with Gasteiger partial charge >= 0.3 is 0 Å². The van der Waals surface area contributed by atoms with Crippen molar-refractivity contribution in [2.24, 2.45) is 11.7 Å². The van der Waals surface area contributed by atoms with Gasteiger partial charge in [-0.1, -0.05) is 19.8 Å². The highest BCUT2D eigenvalue weighted by molar-refractivity contribution is 7.10. The van der Waals surface area contributed by atoms with Gasteiger partial charge in [0.25, 0.3) is 0 Å². The predicted molar refractivity (Wildman–Crippen MR) is 78.0 cm³/mol. The van der Waals surface area contributed by atoms with Crippen molar-refractivity contribution in [3.05, 3.63) is 21.9 Å². The molecule has 3 heteroatoms. The lowest BCUT2D eigenvalue weighted by Crippen LogP contribution is -2.47. The summed E-state index contributed by atoms with van der Waals surface area (Å²) in [7, 11) is 0. The van der Waals surface area contributed by atoms with Crippen molar-refractivity contribution in [1.82, 2.24) is 0 Å². The summed E-state index contributed by atoms with van der Waals surface area (Å²) in [5.41, 5.74) is 7.66. The van der Waals surface area contributed by atoms with Gasteiger partial charge in [-0.2, -0.15) is 0 Å². The first-order valence-electron chi connectivity index (χ1n) is 7.02. The highest BCUT2D eigenvalue weighted by Crippen LogP contribution is 2.43. The van der Waals surface area contributed by atoms with E-state index >= 15 is 0 Å². The van der Waals surface area contributed by atoms with E-state index in [-0.39, 0.29) is 11.6 Å². The van der Waals surface area contributed by atoms with Gasteiger partial charge in [-0.15, -0.1) is 11.3 Å². The van der Waals surface area contributed by atoms with E-state index in [2.05, 4.69) is 32.2 Å². The summed E-state index contributed by atoms with van der Waals surface area (Å²) in [5.74, 6) is 0.719. The van der Waals surface area contributed by atoms with E-state index in [1.807, 2.05) is 0 Å². The van der Waals surface area contributed by atoms with E-state index in [0.717, 1.165) is 25.4 Å². The summed E-state index contributed by atoms with van der Waals surface area (Å²) >= 11 is 1.78. The van der Waals surface area contributed by atoms with Crippen LogP contribution in [0.2, 0.25) is 0 Å². The van der Waals surface area contributed by atoms with Gasteiger partial charge in [0.2, 0.25) is 0 Å². The lowest BCUT2D eigenvalue weighted by atomic mass is 9.73. The van der Waals surface area contributed by atoms with Crippen molar-refractivity contribution in [3.8, 4) is 0 Å². The van der Waals surface area contributed by atoms with Gasteiger partial charge < -0.3 is 10.5 Å². The molecule has 1 aromatic heterocycles. The van der Waals surface area contributed by atoms with Crippen LogP contribution in [-0.2, 0) is 4.74 Å². The van der Waals surface area contributed by atoms with Gasteiger partial charge in [-0.05, 0) is 49.6 Å². The van der Waals surface area contributed by atoms with Crippen LogP contribution in [0.4, 0.5) is 0 Å². The Morgan fingerprint density at radius 3 is 2.94 bits per heavy atom. The molecule has 1 saturated carbocycles. The Kier molecular flexibility index (Phi) is 4.46. The van der Waals surface area contributed by atoms with E-state index in [1.54, 1.807) is 11.3 Å². The number of nitrogens with two attached hydrogens (primary N) is 1. The molecule has 3 unspecified atom stereocenters. The zero-order valence-corrected chi connectivity index (χ0v) is 12.6. The molecule has 1 aromatic rings. The Morgan fingerprint density at radius 2 is 2.39 bits per heavy atom. The van der Waals surface area contributed by atoms with E-state index in [1.165, 1.54) is 23.3 Å². The van der Waals surface area contributed by atoms with Gasteiger partial charge in [0.1, 0.15) is 0 Å². The molecule has 2 rings (SSSR count). The Morgan fingerprint density at radius 1 is 1.61 bits per heavy atom. The standard InChI is InChI=1S/C15H25NOS/c1-4-17-15(7-5-6-11(2)9-15)14(16)13-8-12(3)18-10-13/h8,10-11,14H,4-7,9,16H2,1-3H3. The molecule has 2 nitrogen and oxygen atoms in total. The first-order valence-corrected chi connectivity index (χ1v) is 7.90. The van der Waals surface area contributed by atoms with Crippen molar-refractivity contribution >= 4 is 11.3 Å². The maximum atomic E-state index is 6.55.